The molecule has 0 aliphatic rings. The predicted octanol–water partition coefficient (Wildman–Crippen LogP) is 3.04. The first kappa shape index (κ1) is 14.0. The van der Waals surface area contributed by atoms with E-state index < -0.39 is 23.5 Å². The van der Waals surface area contributed by atoms with E-state index >= 15 is 0 Å². The summed E-state index contributed by atoms with van der Waals surface area (Å²) in [6.07, 6.45) is 1.65. The first-order valence-electron chi connectivity index (χ1n) is 5.61. The Morgan fingerprint density at radius 3 is 2.18 bits per heavy atom. The molecule has 1 rings (SSSR count). The van der Waals surface area contributed by atoms with Crippen LogP contribution >= 0.6 is 0 Å². The monoisotopic (exact) mass is 246 g/mol. The van der Waals surface area contributed by atoms with Gasteiger partial charge < -0.3 is 0 Å². The summed E-state index contributed by atoms with van der Waals surface area (Å²) in [6.45, 7) is 3.82. The number of nitrogens with two attached hydrogens (primary N) is 1. The topological polar surface area (TPSA) is 38.0 Å². The first-order valence-corrected chi connectivity index (χ1v) is 5.61. The smallest absolute Gasteiger partial charge is 0.133 e. The molecule has 3 N–H and O–H groups in total. The Labute approximate surface area is 99.0 Å². The summed E-state index contributed by atoms with van der Waals surface area (Å²) < 4.78 is 39.9. The fourth-order valence-electron chi connectivity index (χ4n) is 2.00. The number of hydrogen-bond donors (Lipinski definition) is 2. The summed E-state index contributed by atoms with van der Waals surface area (Å²) >= 11 is 0. The maximum atomic E-state index is 13.6. The van der Waals surface area contributed by atoms with Crippen molar-refractivity contribution in [3.05, 3.63) is 35.1 Å². The van der Waals surface area contributed by atoms with E-state index in [1.165, 1.54) is 0 Å². The fourth-order valence-corrected chi connectivity index (χ4v) is 2.00. The van der Waals surface area contributed by atoms with E-state index in [9.17, 15) is 13.2 Å². The van der Waals surface area contributed by atoms with Crippen LogP contribution in [-0.2, 0) is 0 Å². The third-order valence-corrected chi connectivity index (χ3v) is 2.85. The van der Waals surface area contributed by atoms with Crippen molar-refractivity contribution in [2.24, 2.45) is 11.8 Å². The summed E-state index contributed by atoms with van der Waals surface area (Å²) in [5, 5.41) is 0. The number of hydrogen-bond acceptors (Lipinski definition) is 2. The Morgan fingerprint density at radius 2 is 1.76 bits per heavy atom. The van der Waals surface area contributed by atoms with Gasteiger partial charge in [-0.25, -0.2) is 13.2 Å². The minimum absolute atomic E-state index is 0.0422. The van der Waals surface area contributed by atoms with Gasteiger partial charge >= 0.3 is 0 Å². The average Bonchev–Trinajstić information content (AvgIpc) is 2.23. The lowest BCUT2D eigenvalue weighted by atomic mass is 9.91. The molecule has 0 aliphatic carbocycles. The number of nitrogens with one attached hydrogen (secondary N) is 1. The Bertz CT molecular complexity index is 359. The van der Waals surface area contributed by atoms with E-state index in [-0.39, 0.29) is 11.5 Å². The standard InChI is InChI=1S/C12H17F3N2/c1-3-4-7(2)12(17-16)11-9(14)5-8(13)6-10(11)15/h5-7,12,17H,3-4,16H2,1-2H3. The van der Waals surface area contributed by atoms with Crippen LogP contribution in [0.25, 0.3) is 0 Å². The predicted molar refractivity (Wildman–Crippen MR) is 60.5 cm³/mol. The van der Waals surface area contributed by atoms with Crippen molar-refractivity contribution in [2.75, 3.05) is 0 Å². The van der Waals surface area contributed by atoms with Gasteiger partial charge in [-0.15, -0.1) is 0 Å². The maximum Gasteiger partial charge on any atom is 0.133 e. The van der Waals surface area contributed by atoms with Gasteiger partial charge in [0.05, 0.1) is 6.04 Å². The first-order chi connectivity index (χ1) is 8.01. The SMILES string of the molecule is CCCC(C)C(NN)c1c(F)cc(F)cc1F. The highest BCUT2D eigenvalue weighted by Crippen LogP contribution is 2.29. The molecule has 96 valence electrons. The van der Waals surface area contributed by atoms with Crippen molar-refractivity contribution in [1.29, 1.82) is 0 Å². The van der Waals surface area contributed by atoms with Crippen LogP contribution < -0.4 is 11.3 Å². The molecule has 0 aliphatic heterocycles. The normalized spacial score (nSPS) is 14.7. The molecule has 0 saturated heterocycles. The number of benzene rings is 1. The Morgan fingerprint density at radius 1 is 1.24 bits per heavy atom. The van der Waals surface area contributed by atoms with Gasteiger partial charge in [0.25, 0.3) is 0 Å². The van der Waals surface area contributed by atoms with Gasteiger partial charge in [-0.1, -0.05) is 20.3 Å². The second-order valence-corrected chi connectivity index (χ2v) is 4.19. The van der Waals surface area contributed by atoms with E-state index in [0.29, 0.717) is 12.1 Å². The van der Waals surface area contributed by atoms with Crippen LogP contribution in [-0.4, -0.2) is 0 Å². The molecule has 2 unspecified atom stereocenters. The van der Waals surface area contributed by atoms with Crippen LogP contribution in [0.5, 0.6) is 0 Å². The third kappa shape index (κ3) is 3.20. The van der Waals surface area contributed by atoms with Gasteiger partial charge in [-0.2, -0.15) is 0 Å². The van der Waals surface area contributed by atoms with Crippen molar-refractivity contribution in [1.82, 2.24) is 5.43 Å². The third-order valence-electron chi connectivity index (χ3n) is 2.85. The highest BCUT2D eigenvalue weighted by Gasteiger charge is 2.24. The van der Waals surface area contributed by atoms with Crippen LogP contribution in [0.1, 0.15) is 38.3 Å². The molecule has 0 spiro atoms. The molecule has 0 amide bonds. The van der Waals surface area contributed by atoms with Gasteiger partial charge in [-0.05, 0) is 12.3 Å². The molecule has 0 saturated carbocycles. The van der Waals surface area contributed by atoms with Gasteiger partial charge in [-0.3, -0.25) is 11.3 Å². The molecule has 1 aromatic carbocycles. The fraction of sp³-hybridized carbons (Fsp3) is 0.500. The maximum absolute atomic E-state index is 13.6. The molecule has 0 heterocycles. The Balaban J connectivity index is 3.11. The molecule has 0 radical (unpaired) electrons. The molecule has 17 heavy (non-hydrogen) atoms. The number of halogens is 3. The van der Waals surface area contributed by atoms with Gasteiger partial charge in [0.1, 0.15) is 17.5 Å². The molecule has 2 nitrogen and oxygen atoms in total. The highest BCUT2D eigenvalue weighted by molar-refractivity contribution is 5.24. The summed E-state index contributed by atoms with van der Waals surface area (Å²) in [4.78, 5) is 0. The quantitative estimate of drug-likeness (QED) is 0.619. The zero-order valence-electron chi connectivity index (χ0n) is 9.93. The van der Waals surface area contributed by atoms with Crippen LogP contribution in [0.15, 0.2) is 12.1 Å². The summed E-state index contributed by atoms with van der Waals surface area (Å²) in [6, 6.07) is 0.679. The lowest BCUT2D eigenvalue weighted by Crippen LogP contribution is -2.34. The van der Waals surface area contributed by atoms with Crippen LogP contribution in [0.3, 0.4) is 0 Å². The molecular weight excluding hydrogens is 229 g/mol. The number of hydrazine groups is 1. The van der Waals surface area contributed by atoms with Gasteiger partial charge in [0.2, 0.25) is 0 Å². The van der Waals surface area contributed by atoms with Crippen molar-refractivity contribution >= 4 is 0 Å². The molecule has 5 heteroatoms. The minimum atomic E-state index is -0.928. The lowest BCUT2D eigenvalue weighted by molar-refractivity contribution is 0.344. The van der Waals surface area contributed by atoms with Crippen LogP contribution in [0.2, 0.25) is 0 Å². The minimum Gasteiger partial charge on any atom is -0.271 e. The largest absolute Gasteiger partial charge is 0.271 e. The highest BCUT2D eigenvalue weighted by atomic mass is 19.1. The zero-order chi connectivity index (χ0) is 13.0. The summed E-state index contributed by atoms with van der Waals surface area (Å²) in [5.74, 6) is 2.55. The van der Waals surface area contributed by atoms with E-state index in [0.717, 1.165) is 12.8 Å². The van der Waals surface area contributed by atoms with Crippen LogP contribution in [0, 0.1) is 23.4 Å². The Hall–Kier alpha value is -1.07. The van der Waals surface area contributed by atoms with Crippen molar-refractivity contribution < 1.29 is 13.2 Å². The summed E-state index contributed by atoms with van der Waals surface area (Å²) in [7, 11) is 0. The van der Waals surface area contributed by atoms with E-state index in [1.54, 1.807) is 0 Å². The van der Waals surface area contributed by atoms with Crippen molar-refractivity contribution in [3.8, 4) is 0 Å². The molecule has 0 aromatic heterocycles. The van der Waals surface area contributed by atoms with Gasteiger partial charge in [0, 0.05) is 17.7 Å². The van der Waals surface area contributed by atoms with Gasteiger partial charge in [0.15, 0.2) is 0 Å². The van der Waals surface area contributed by atoms with E-state index in [1.807, 2.05) is 13.8 Å². The second-order valence-electron chi connectivity index (χ2n) is 4.19. The molecule has 0 fully saturated rings. The molecule has 2 atom stereocenters. The second kappa shape index (κ2) is 6.02. The van der Waals surface area contributed by atoms with Crippen molar-refractivity contribution in [3.63, 3.8) is 0 Å². The number of rotatable bonds is 5. The lowest BCUT2D eigenvalue weighted by Gasteiger charge is -2.24. The van der Waals surface area contributed by atoms with Crippen LogP contribution in [0.4, 0.5) is 13.2 Å². The van der Waals surface area contributed by atoms with E-state index in [4.69, 9.17) is 5.84 Å². The molecular formula is C12H17F3N2. The average molecular weight is 246 g/mol. The summed E-state index contributed by atoms with van der Waals surface area (Å²) in [5.41, 5.74) is 2.20. The Kier molecular flexibility index (Phi) is 4.96. The van der Waals surface area contributed by atoms with E-state index in [2.05, 4.69) is 5.43 Å². The van der Waals surface area contributed by atoms with Crippen molar-refractivity contribution in [2.45, 2.75) is 32.7 Å². The zero-order valence-corrected chi connectivity index (χ0v) is 9.93. The molecule has 0 bridgehead atoms. The molecule has 1 aromatic rings.